The number of aromatic nitrogens is 1. The standard InChI is InChI=1S/C19H20Cl2N2O4S2/c1-19(25)11-3-4-12(19)8-13(7-11)29(26,27)15-6-10(2-5-14(15)20)17(24)23-18-22-9-16(21)28-18/h2,5-6,9,11-13,25H,3-4,7-8H2,1H3,(H,22,23,24)/t11?,12?,13-,19-. The molecule has 156 valence electrons. The molecule has 0 aliphatic heterocycles. The summed E-state index contributed by atoms with van der Waals surface area (Å²) in [6.45, 7) is 1.81. The smallest absolute Gasteiger partial charge is 0.257 e. The molecule has 6 nitrogen and oxygen atoms in total. The summed E-state index contributed by atoms with van der Waals surface area (Å²) in [6.07, 6.45) is 3.88. The maximum atomic E-state index is 13.3. The van der Waals surface area contributed by atoms with Crippen LogP contribution in [0.4, 0.5) is 5.13 Å². The van der Waals surface area contributed by atoms with Crippen LogP contribution in [0.1, 0.15) is 43.0 Å². The van der Waals surface area contributed by atoms with E-state index < -0.39 is 26.6 Å². The second-order valence-corrected chi connectivity index (χ2v) is 12.2. The Hall–Kier alpha value is -1.19. The molecule has 2 saturated carbocycles. The Balaban J connectivity index is 1.61. The summed E-state index contributed by atoms with van der Waals surface area (Å²) < 4.78 is 27.1. The molecule has 1 heterocycles. The van der Waals surface area contributed by atoms with Gasteiger partial charge in [0.2, 0.25) is 0 Å². The predicted molar refractivity (Wildman–Crippen MR) is 114 cm³/mol. The maximum absolute atomic E-state index is 13.3. The highest BCUT2D eigenvalue weighted by atomic mass is 35.5. The molecule has 2 atom stereocenters. The number of rotatable bonds is 4. The lowest BCUT2D eigenvalue weighted by Gasteiger charge is -2.40. The number of benzene rings is 1. The molecule has 1 aromatic carbocycles. The average molecular weight is 475 g/mol. The molecule has 2 aliphatic rings. The van der Waals surface area contributed by atoms with Gasteiger partial charge in [-0.25, -0.2) is 13.4 Å². The Morgan fingerprint density at radius 1 is 1.28 bits per heavy atom. The van der Waals surface area contributed by atoms with Crippen LogP contribution in [0.25, 0.3) is 0 Å². The lowest BCUT2D eigenvalue weighted by atomic mass is 9.76. The molecule has 2 bridgehead atoms. The second-order valence-electron chi connectivity index (χ2n) is 7.90. The van der Waals surface area contributed by atoms with Gasteiger partial charge < -0.3 is 5.11 Å². The van der Waals surface area contributed by atoms with Gasteiger partial charge in [0.15, 0.2) is 15.0 Å². The molecule has 1 amide bonds. The van der Waals surface area contributed by atoms with Gasteiger partial charge in [0.25, 0.3) is 5.91 Å². The Morgan fingerprint density at radius 2 is 1.93 bits per heavy atom. The van der Waals surface area contributed by atoms with Crippen molar-refractivity contribution in [3.63, 3.8) is 0 Å². The molecule has 29 heavy (non-hydrogen) atoms. The van der Waals surface area contributed by atoms with Gasteiger partial charge >= 0.3 is 0 Å². The number of fused-ring (bicyclic) bond motifs is 2. The van der Waals surface area contributed by atoms with Crippen LogP contribution in [-0.2, 0) is 9.84 Å². The van der Waals surface area contributed by atoms with E-state index in [9.17, 15) is 18.3 Å². The zero-order valence-electron chi connectivity index (χ0n) is 15.6. The van der Waals surface area contributed by atoms with Gasteiger partial charge in [-0.15, -0.1) is 0 Å². The van der Waals surface area contributed by atoms with Crippen LogP contribution >= 0.6 is 34.5 Å². The highest BCUT2D eigenvalue weighted by Crippen LogP contribution is 2.51. The van der Waals surface area contributed by atoms with Gasteiger partial charge in [-0.05, 0) is 62.6 Å². The van der Waals surface area contributed by atoms with E-state index in [1.54, 1.807) is 6.92 Å². The fraction of sp³-hybridized carbons (Fsp3) is 0.474. The number of carbonyl (C=O) groups excluding carboxylic acids is 1. The molecule has 2 unspecified atom stereocenters. The number of hydrogen-bond donors (Lipinski definition) is 2. The molecule has 0 radical (unpaired) electrons. The number of nitrogens with one attached hydrogen (secondary N) is 1. The summed E-state index contributed by atoms with van der Waals surface area (Å²) in [7, 11) is -3.75. The van der Waals surface area contributed by atoms with Crippen LogP contribution in [-0.4, -0.2) is 35.3 Å². The molecular weight excluding hydrogens is 455 g/mol. The van der Waals surface area contributed by atoms with E-state index in [2.05, 4.69) is 10.3 Å². The fourth-order valence-corrected chi connectivity index (χ4v) is 7.75. The third-order valence-electron chi connectivity index (χ3n) is 6.25. The molecule has 0 spiro atoms. The van der Waals surface area contributed by atoms with Gasteiger partial charge in [-0.1, -0.05) is 34.5 Å². The fourth-order valence-electron chi connectivity index (χ4n) is 4.54. The third kappa shape index (κ3) is 3.81. The van der Waals surface area contributed by atoms with Gasteiger partial charge in [-0.2, -0.15) is 0 Å². The third-order valence-corrected chi connectivity index (χ3v) is 9.93. The summed E-state index contributed by atoms with van der Waals surface area (Å²) in [5, 5.41) is 13.1. The number of nitrogens with zero attached hydrogens (tertiary/aromatic N) is 1. The minimum Gasteiger partial charge on any atom is -0.390 e. The van der Waals surface area contributed by atoms with E-state index in [-0.39, 0.29) is 27.3 Å². The molecule has 2 N–H and O–H groups in total. The van der Waals surface area contributed by atoms with Crippen LogP contribution in [0.15, 0.2) is 29.3 Å². The van der Waals surface area contributed by atoms with Crippen molar-refractivity contribution in [2.24, 2.45) is 11.8 Å². The van der Waals surface area contributed by atoms with E-state index in [4.69, 9.17) is 23.2 Å². The summed E-state index contributed by atoms with van der Waals surface area (Å²) in [4.78, 5) is 16.5. The number of aliphatic hydroxyl groups is 1. The molecule has 2 fully saturated rings. The summed E-state index contributed by atoms with van der Waals surface area (Å²) >= 11 is 13.2. The first-order chi connectivity index (χ1) is 13.6. The minimum atomic E-state index is -3.75. The van der Waals surface area contributed by atoms with E-state index in [0.717, 1.165) is 24.2 Å². The lowest BCUT2D eigenvalue weighted by molar-refractivity contribution is -0.0413. The lowest BCUT2D eigenvalue weighted by Crippen LogP contribution is -2.45. The Morgan fingerprint density at radius 3 is 2.52 bits per heavy atom. The summed E-state index contributed by atoms with van der Waals surface area (Å²) in [5.41, 5.74) is -0.642. The van der Waals surface area contributed by atoms with E-state index in [1.165, 1.54) is 24.4 Å². The molecule has 1 aromatic heterocycles. The van der Waals surface area contributed by atoms with Crippen LogP contribution in [0.5, 0.6) is 0 Å². The number of halogens is 2. The van der Waals surface area contributed by atoms with Crippen molar-refractivity contribution < 1.29 is 18.3 Å². The van der Waals surface area contributed by atoms with Crippen molar-refractivity contribution in [1.29, 1.82) is 0 Å². The first-order valence-corrected chi connectivity index (χ1v) is 12.4. The second kappa shape index (κ2) is 7.50. The van der Waals surface area contributed by atoms with E-state index >= 15 is 0 Å². The van der Waals surface area contributed by atoms with Gasteiger partial charge in [0.1, 0.15) is 4.34 Å². The minimum absolute atomic E-state index is 0.0408. The average Bonchev–Trinajstić information content (AvgIpc) is 3.07. The zero-order chi connectivity index (χ0) is 21.0. The van der Waals surface area contributed by atoms with Crippen LogP contribution in [0, 0.1) is 11.8 Å². The Kier molecular flexibility index (Phi) is 5.44. The normalized spacial score (nSPS) is 29.0. The first-order valence-electron chi connectivity index (χ1n) is 9.27. The molecule has 0 saturated heterocycles. The number of thiazole rings is 1. The quantitative estimate of drug-likeness (QED) is 0.683. The molecule has 4 rings (SSSR count). The zero-order valence-corrected chi connectivity index (χ0v) is 18.7. The van der Waals surface area contributed by atoms with Crippen molar-refractivity contribution in [2.75, 3.05) is 5.32 Å². The molecule has 2 aromatic rings. The highest BCUT2D eigenvalue weighted by Gasteiger charge is 2.53. The topological polar surface area (TPSA) is 96.4 Å². The predicted octanol–water partition coefficient (Wildman–Crippen LogP) is 4.42. The number of amides is 1. The Bertz CT molecular complexity index is 1050. The van der Waals surface area contributed by atoms with Crippen molar-refractivity contribution in [1.82, 2.24) is 4.98 Å². The van der Waals surface area contributed by atoms with Crippen molar-refractivity contribution >= 4 is 55.4 Å². The number of hydrogen-bond acceptors (Lipinski definition) is 6. The number of carbonyl (C=O) groups is 1. The molecule has 10 heteroatoms. The van der Waals surface area contributed by atoms with E-state index in [0.29, 0.717) is 22.3 Å². The van der Waals surface area contributed by atoms with Gasteiger partial charge in [0, 0.05) is 5.56 Å². The Labute approximate surface area is 183 Å². The van der Waals surface area contributed by atoms with Crippen molar-refractivity contribution in [2.45, 2.75) is 48.4 Å². The number of anilines is 1. The van der Waals surface area contributed by atoms with Crippen molar-refractivity contribution in [3.8, 4) is 0 Å². The maximum Gasteiger partial charge on any atom is 0.257 e. The van der Waals surface area contributed by atoms with Crippen molar-refractivity contribution in [3.05, 3.63) is 39.3 Å². The summed E-state index contributed by atoms with van der Waals surface area (Å²) in [5.74, 6) is -0.572. The molecule has 2 aliphatic carbocycles. The molecular formula is C19H20Cl2N2O4S2. The number of sulfone groups is 1. The van der Waals surface area contributed by atoms with Crippen LogP contribution < -0.4 is 5.32 Å². The van der Waals surface area contributed by atoms with E-state index in [1.807, 2.05) is 0 Å². The highest BCUT2D eigenvalue weighted by molar-refractivity contribution is 7.92. The van der Waals surface area contributed by atoms with Crippen LogP contribution in [0.3, 0.4) is 0 Å². The van der Waals surface area contributed by atoms with Crippen LogP contribution in [0.2, 0.25) is 9.36 Å². The van der Waals surface area contributed by atoms with Gasteiger partial charge in [-0.3, -0.25) is 10.1 Å². The first kappa shape index (κ1) is 21.1. The monoisotopic (exact) mass is 474 g/mol. The van der Waals surface area contributed by atoms with Gasteiger partial charge in [0.05, 0.1) is 27.0 Å². The largest absolute Gasteiger partial charge is 0.390 e. The summed E-state index contributed by atoms with van der Waals surface area (Å²) in [6, 6.07) is 4.21. The SMILES string of the molecule is C[C@]1(O)C2CCC1C[C@@H](S(=O)(=O)c1cc(C(=O)Nc3ncc(Cl)s3)ccc1Cl)C2.